The van der Waals surface area contributed by atoms with Gasteiger partial charge in [0.1, 0.15) is 0 Å². The predicted octanol–water partition coefficient (Wildman–Crippen LogP) is 4.92. The van der Waals surface area contributed by atoms with Crippen molar-refractivity contribution < 1.29 is 18.0 Å². The Morgan fingerprint density at radius 2 is 1.71 bits per heavy atom. The van der Waals surface area contributed by atoms with E-state index in [1.807, 2.05) is 6.92 Å². The van der Waals surface area contributed by atoms with Crippen molar-refractivity contribution >= 4 is 23.2 Å². The molecule has 0 bridgehead atoms. The van der Waals surface area contributed by atoms with Crippen molar-refractivity contribution in [3.63, 3.8) is 0 Å². The summed E-state index contributed by atoms with van der Waals surface area (Å²) in [5.41, 5.74) is 0.390. The summed E-state index contributed by atoms with van der Waals surface area (Å²) in [6, 6.07) is 9.99. The lowest BCUT2D eigenvalue weighted by atomic mass is 10.1. The van der Waals surface area contributed by atoms with Crippen LogP contribution in [0.1, 0.15) is 21.5 Å². The molecule has 1 N–H and O–H groups in total. The van der Waals surface area contributed by atoms with Gasteiger partial charge in [-0.25, -0.2) is 0 Å². The van der Waals surface area contributed by atoms with E-state index >= 15 is 0 Å². The number of carbonyl (C=O) groups is 1. The minimum Gasteiger partial charge on any atom is -0.322 e. The summed E-state index contributed by atoms with van der Waals surface area (Å²) in [7, 11) is 0. The first-order valence-corrected chi connectivity index (χ1v) is 6.40. The molecule has 0 radical (unpaired) electrons. The van der Waals surface area contributed by atoms with Crippen LogP contribution in [0.3, 0.4) is 0 Å². The average molecular weight is 314 g/mol. The lowest BCUT2D eigenvalue weighted by Gasteiger charge is -2.11. The third kappa shape index (κ3) is 3.76. The number of halogens is 4. The highest BCUT2D eigenvalue weighted by atomic mass is 35.5. The van der Waals surface area contributed by atoms with Gasteiger partial charge in [0.05, 0.1) is 10.6 Å². The second-order valence-corrected chi connectivity index (χ2v) is 4.92. The highest BCUT2D eigenvalue weighted by molar-refractivity contribution is 6.31. The number of hydrogen-bond donors (Lipinski definition) is 1. The number of amides is 1. The highest BCUT2D eigenvalue weighted by Crippen LogP contribution is 2.35. The van der Waals surface area contributed by atoms with Gasteiger partial charge in [-0.3, -0.25) is 4.79 Å². The highest BCUT2D eigenvalue weighted by Gasteiger charge is 2.33. The van der Waals surface area contributed by atoms with Gasteiger partial charge in [-0.2, -0.15) is 13.2 Å². The minimum absolute atomic E-state index is 0.104. The Hall–Kier alpha value is -2.01. The standard InChI is InChI=1S/C15H11ClF3NO/c1-9-2-5-11(6-3-9)20-14(21)10-4-7-13(16)12(8-10)15(17,18)19/h2-8H,1H3,(H,20,21). The third-order valence-electron chi connectivity index (χ3n) is 2.84. The molecule has 1 amide bonds. The number of benzene rings is 2. The lowest BCUT2D eigenvalue weighted by molar-refractivity contribution is -0.137. The van der Waals surface area contributed by atoms with Crippen LogP contribution in [0.15, 0.2) is 42.5 Å². The number of carbonyl (C=O) groups excluding carboxylic acids is 1. The summed E-state index contributed by atoms with van der Waals surface area (Å²) in [4.78, 5) is 12.0. The van der Waals surface area contributed by atoms with Gasteiger partial charge in [-0.15, -0.1) is 0 Å². The number of rotatable bonds is 2. The van der Waals surface area contributed by atoms with Crippen molar-refractivity contribution in [1.82, 2.24) is 0 Å². The molecule has 2 aromatic rings. The van der Waals surface area contributed by atoms with E-state index in [9.17, 15) is 18.0 Å². The summed E-state index contributed by atoms with van der Waals surface area (Å²) in [6.45, 7) is 1.89. The van der Waals surface area contributed by atoms with Crippen molar-refractivity contribution in [2.45, 2.75) is 13.1 Å². The van der Waals surface area contributed by atoms with Crippen LogP contribution < -0.4 is 5.32 Å². The first-order valence-electron chi connectivity index (χ1n) is 6.02. The Bertz CT molecular complexity index is 666. The van der Waals surface area contributed by atoms with E-state index in [2.05, 4.69) is 5.32 Å². The van der Waals surface area contributed by atoms with Crippen LogP contribution in [0.25, 0.3) is 0 Å². The molecule has 0 saturated carbocycles. The summed E-state index contributed by atoms with van der Waals surface area (Å²) in [5.74, 6) is -0.624. The molecule has 0 aromatic heterocycles. The smallest absolute Gasteiger partial charge is 0.322 e. The molecule has 6 heteroatoms. The van der Waals surface area contributed by atoms with E-state index < -0.39 is 22.7 Å². The molecule has 2 rings (SSSR count). The van der Waals surface area contributed by atoms with Crippen LogP contribution in [0.5, 0.6) is 0 Å². The number of nitrogens with one attached hydrogen (secondary N) is 1. The quantitative estimate of drug-likeness (QED) is 0.837. The summed E-state index contributed by atoms with van der Waals surface area (Å²) in [5, 5.41) is 2.10. The summed E-state index contributed by atoms with van der Waals surface area (Å²) < 4.78 is 38.2. The maximum Gasteiger partial charge on any atom is 0.417 e. The lowest BCUT2D eigenvalue weighted by Crippen LogP contribution is -2.14. The SMILES string of the molecule is Cc1ccc(NC(=O)c2ccc(Cl)c(C(F)(F)F)c2)cc1. The zero-order valence-electron chi connectivity index (χ0n) is 11.0. The van der Waals surface area contributed by atoms with E-state index in [-0.39, 0.29) is 5.56 Å². The fraction of sp³-hybridized carbons (Fsp3) is 0.133. The maximum absolute atomic E-state index is 12.7. The normalized spacial score (nSPS) is 11.3. The van der Waals surface area contributed by atoms with Crippen molar-refractivity contribution in [3.8, 4) is 0 Å². The second-order valence-electron chi connectivity index (χ2n) is 4.51. The Morgan fingerprint density at radius 1 is 1.10 bits per heavy atom. The number of alkyl halides is 3. The molecule has 0 atom stereocenters. The van der Waals surface area contributed by atoms with Gasteiger partial charge in [-0.1, -0.05) is 29.3 Å². The molecule has 0 spiro atoms. The van der Waals surface area contributed by atoms with Gasteiger partial charge in [0, 0.05) is 11.3 Å². The van der Waals surface area contributed by atoms with Gasteiger partial charge < -0.3 is 5.32 Å². The van der Waals surface area contributed by atoms with Crippen LogP contribution in [-0.2, 0) is 6.18 Å². The van der Waals surface area contributed by atoms with E-state index in [1.54, 1.807) is 24.3 Å². The van der Waals surface area contributed by atoms with Crippen LogP contribution in [-0.4, -0.2) is 5.91 Å². The van der Waals surface area contributed by atoms with Crippen LogP contribution in [0.2, 0.25) is 5.02 Å². The first-order chi connectivity index (χ1) is 9.77. The third-order valence-corrected chi connectivity index (χ3v) is 3.17. The Labute approximate surface area is 124 Å². The van der Waals surface area contributed by atoms with Crippen molar-refractivity contribution in [3.05, 3.63) is 64.2 Å². The van der Waals surface area contributed by atoms with Crippen molar-refractivity contribution in [2.75, 3.05) is 5.32 Å². The number of aryl methyl sites for hydroxylation is 1. The van der Waals surface area contributed by atoms with Crippen LogP contribution >= 0.6 is 11.6 Å². The Kier molecular flexibility index (Phi) is 4.23. The van der Waals surface area contributed by atoms with Gasteiger partial charge >= 0.3 is 6.18 Å². The van der Waals surface area contributed by atoms with E-state index in [1.165, 1.54) is 6.07 Å². The molecule has 2 aromatic carbocycles. The Balaban J connectivity index is 2.25. The molecule has 110 valence electrons. The number of hydrogen-bond acceptors (Lipinski definition) is 1. The van der Waals surface area contributed by atoms with Gasteiger partial charge in [0.25, 0.3) is 5.91 Å². The molecule has 21 heavy (non-hydrogen) atoms. The molecule has 0 fully saturated rings. The molecule has 0 aliphatic carbocycles. The van der Waals surface area contributed by atoms with Crippen molar-refractivity contribution in [1.29, 1.82) is 0 Å². The molecule has 0 unspecified atom stereocenters. The number of anilines is 1. The fourth-order valence-electron chi connectivity index (χ4n) is 1.72. The predicted molar refractivity (Wildman–Crippen MR) is 75.6 cm³/mol. The van der Waals surface area contributed by atoms with Crippen molar-refractivity contribution in [2.24, 2.45) is 0 Å². The zero-order valence-corrected chi connectivity index (χ0v) is 11.7. The first kappa shape index (κ1) is 15.4. The molecule has 0 aliphatic rings. The minimum atomic E-state index is -4.60. The largest absolute Gasteiger partial charge is 0.417 e. The van der Waals surface area contributed by atoms with Crippen LogP contribution in [0.4, 0.5) is 18.9 Å². The van der Waals surface area contributed by atoms with Gasteiger partial charge in [0.15, 0.2) is 0 Å². The second kappa shape index (κ2) is 5.77. The van der Waals surface area contributed by atoms with Gasteiger partial charge in [-0.05, 0) is 37.3 Å². The van der Waals surface area contributed by atoms with Gasteiger partial charge in [0.2, 0.25) is 0 Å². The molecule has 2 nitrogen and oxygen atoms in total. The van der Waals surface area contributed by atoms with E-state index in [0.29, 0.717) is 5.69 Å². The summed E-state index contributed by atoms with van der Waals surface area (Å²) in [6.07, 6.45) is -4.60. The molecular weight excluding hydrogens is 303 g/mol. The molecular formula is C15H11ClF3NO. The van der Waals surface area contributed by atoms with Crippen LogP contribution in [0, 0.1) is 6.92 Å². The zero-order chi connectivity index (χ0) is 15.6. The molecule has 0 heterocycles. The average Bonchev–Trinajstić information content (AvgIpc) is 2.40. The Morgan fingerprint density at radius 3 is 2.29 bits per heavy atom. The molecule has 0 aliphatic heterocycles. The fourth-order valence-corrected chi connectivity index (χ4v) is 1.95. The topological polar surface area (TPSA) is 29.1 Å². The monoisotopic (exact) mass is 313 g/mol. The summed E-state index contributed by atoms with van der Waals surface area (Å²) >= 11 is 5.51. The van der Waals surface area contributed by atoms with E-state index in [0.717, 1.165) is 17.7 Å². The maximum atomic E-state index is 12.7. The molecule has 0 saturated heterocycles. The van der Waals surface area contributed by atoms with E-state index in [4.69, 9.17) is 11.6 Å².